The van der Waals surface area contributed by atoms with Gasteiger partial charge in [0.2, 0.25) is 0 Å². The lowest BCUT2D eigenvalue weighted by molar-refractivity contribution is 0.0605. The fourth-order valence-corrected chi connectivity index (χ4v) is 5.25. The van der Waals surface area contributed by atoms with Gasteiger partial charge in [0.25, 0.3) is 0 Å². The maximum Gasteiger partial charge on any atom is 0.410 e. The standard InChI is InChI=1S/C25H30FN3O4S/c1-16(2)33-25(30)29-10-8-21(17(3)14-29)19-12-22(26)23(27-13-19)15-28-9-7-18-11-20(34(4,31)32)5-6-24(18)28/h5-7,9,11-13,16-17,21H,8,10,14-15H2,1-4H3. The lowest BCUT2D eigenvalue weighted by Crippen LogP contribution is -2.43. The SMILES string of the molecule is CC(C)OC(=O)N1CCC(c2cnc(Cn3ccc4cc(S(C)(=O)=O)ccc43)c(F)c2)C(C)C1. The molecule has 4 rings (SSSR count). The number of rotatable bonds is 5. The molecule has 1 amide bonds. The molecule has 182 valence electrons. The number of amides is 1. The Labute approximate surface area is 199 Å². The second-order valence-corrected chi connectivity index (χ2v) is 11.4. The minimum absolute atomic E-state index is 0.112. The number of halogens is 1. The molecule has 0 spiro atoms. The zero-order chi connectivity index (χ0) is 24.6. The van der Waals surface area contributed by atoms with Gasteiger partial charge in [-0.15, -0.1) is 0 Å². The van der Waals surface area contributed by atoms with Crippen molar-refractivity contribution in [2.24, 2.45) is 5.92 Å². The topological polar surface area (TPSA) is 81.5 Å². The van der Waals surface area contributed by atoms with Crippen molar-refractivity contribution in [2.45, 2.75) is 50.7 Å². The van der Waals surface area contributed by atoms with E-state index in [2.05, 4.69) is 11.9 Å². The van der Waals surface area contributed by atoms with Crippen LogP contribution in [0.25, 0.3) is 10.9 Å². The maximum atomic E-state index is 15.1. The van der Waals surface area contributed by atoms with Crippen LogP contribution in [0.5, 0.6) is 0 Å². The number of carbonyl (C=O) groups excluding carboxylic acids is 1. The van der Waals surface area contributed by atoms with Gasteiger partial charge < -0.3 is 14.2 Å². The zero-order valence-corrected chi connectivity index (χ0v) is 20.7. The van der Waals surface area contributed by atoms with Crippen molar-refractivity contribution in [3.63, 3.8) is 0 Å². The number of hydrogen-bond donors (Lipinski definition) is 0. The fraction of sp³-hybridized carbons (Fsp3) is 0.440. The third kappa shape index (κ3) is 5.09. The number of sulfone groups is 1. The predicted molar refractivity (Wildman–Crippen MR) is 128 cm³/mol. The average Bonchev–Trinajstić information content (AvgIpc) is 3.16. The minimum atomic E-state index is -3.29. The molecule has 1 fully saturated rings. The van der Waals surface area contributed by atoms with E-state index in [1.54, 1.807) is 41.6 Å². The Hall–Kier alpha value is -2.94. The van der Waals surface area contributed by atoms with E-state index in [-0.39, 0.29) is 41.3 Å². The number of fused-ring (bicyclic) bond motifs is 1. The molecule has 0 N–H and O–H groups in total. The van der Waals surface area contributed by atoms with Crippen molar-refractivity contribution in [3.8, 4) is 0 Å². The molecule has 3 aromatic rings. The van der Waals surface area contributed by atoms with Crippen LogP contribution in [-0.2, 0) is 21.1 Å². The van der Waals surface area contributed by atoms with Crippen molar-refractivity contribution in [3.05, 3.63) is 59.8 Å². The number of benzene rings is 1. The number of hydrogen-bond acceptors (Lipinski definition) is 5. The number of carbonyl (C=O) groups is 1. The van der Waals surface area contributed by atoms with Crippen molar-refractivity contribution in [1.29, 1.82) is 0 Å². The van der Waals surface area contributed by atoms with E-state index in [0.717, 1.165) is 22.9 Å². The van der Waals surface area contributed by atoms with Crippen LogP contribution in [0.4, 0.5) is 9.18 Å². The summed E-state index contributed by atoms with van der Waals surface area (Å²) in [6.45, 7) is 7.07. The van der Waals surface area contributed by atoms with Gasteiger partial charge in [-0.25, -0.2) is 17.6 Å². The summed E-state index contributed by atoms with van der Waals surface area (Å²) in [5, 5.41) is 0.775. The van der Waals surface area contributed by atoms with Gasteiger partial charge in [-0.2, -0.15) is 0 Å². The lowest BCUT2D eigenvalue weighted by Gasteiger charge is -2.36. The molecule has 2 aromatic heterocycles. The highest BCUT2D eigenvalue weighted by Crippen LogP contribution is 2.33. The summed E-state index contributed by atoms with van der Waals surface area (Å²) in [7, 11) is -3.29. The molecule has 0 aliphatic carbocycles. The Balaban J connectivity index is 1.48. The first-order chi connectivity index (χ1) is 16.0. The van der Waals surface area contributed by atoms with Crippen LogP contribution in [-0.4, -0.2) is 54.4 Å². The normalized spacial score (nSPS) is 19.1. The average molecular weight is 488 g/mol. The van der Waals surface area contributed by atoms with Gasteiger partial charge in [-0.1, -0.05) is 6.92 Å². The Morgan fingerprint density at radius 1 is 1.26 bits per heavy atom. The second kappa shape index (κ2) is 9.37. The van der Waals surface area contributed by atoms with Crippen LogP contribution >= 0.6 is 0 Å². The van der Waals surface area contributed by atoms with E-state index in [4.69, 9.17) is 4.74 Å². The fourth-order valence-electron chi connectivity index (χ4n) is 4.59. The molecule has 0 bridgehead atoms. The van der Waals surface area contributed by atoms with E-state index in [1.165, 1.54) is 6.26 Å². The molecule has 7 nitrogen and oxygen atoms in total. The first-order valence-corrected chi connectivity index (χ1v) is 13.3. The van der Waals surface area contributed by atoms with Gasteiger partial charge in [0, 0.05) is 42.6 Å². The van der Waals surface area contributed by atoms with Gasteiger partial charge in [-0.05, 0) is 68.0 Å². The molecule has 1 aliphatic rings. The minimum Gasteiger partial charge on any atom is -0.447 e. The summed E-state index contributed by atoms with van der Waals surface area (Å²) < 4.78 is 45.8. The molecule has 34 heavy (non-hydrogen) atoms. The Kier molecular flexibility index (Phi) is 6.66. The van der Waals surface area contributed by atoms with Gasteiger partial charge in [0.1, 0.15) is 5.82 Å². The number of likely N-dealkylation sites (tertiary alicyclic amines) is 1. The van der Waals surface area contributed by atoms with Crippen LogP contribution < -0.4 is 0 Å². The molecule has 2 atom stereocenters. The number of aromatic nitrogens is 2. The Morgan fingerprint density at radius 2 is 2.03 bits per heavy atom. The molecule has 0 saturated carbocycles. The zero-order valence-electron chi connectivity index (χ0n) is 19.9. The molecule has 1 aliphatic heterocycles. The third-order valence-electron chi connectivity index (χ3n) is 6.36. The molecule has 3 heterocycles. The summed E-state index contributed by atoms with van der Waals surface area (Å²) in [5.74, 6) is -0.111. The van der Waals surface area contributed by atoms with Crippen LogP contribution in [0, 0.1) is 11.7 Å². The molecular formula is C25H30FN3O4S. The van der Waals surface area contributed by atoms with Gasteiger partial charge in [0.05, 0.1) is 23.2 Å². The van der Waals surface area contributed by atoms with E-state index < -0.39 is 9.84 Å². The van der Waals surface area contributed by atoms with E-state index in [9.17, 15) is 13.2 Å². The first kappa shape index (κ1) is 24.2. The Bertz CT molecular complexity index is 1320. The highest BCUT2D eigenvalue weighted by Gasteiger charge is 2.31. The van der Waals surface area contributed by atoms with Gasteiger partial charge in [-0.3, -0.25) is 4.98 Å². The highest BCUT2D eigenvalue weighted by molar-refractivity contribution is 7.90. The molecule has 1 aromatic carbocycles. The van der Waals surface area contributed by atoms with Crippen molar-refractivity contribution in [2.75, 3.05) is 19.3 Å². The molecule has 1 saturated heterocycles. The summed E-state index contributed by atoms with van der Waals surface area (Å²) in [4.78, 5) is 18.6. The van der Waals surface area contributed by atoms with Crippen LogP contribution in [0.15, 0.2) is 47.6 Å². The molecular weight excluding hydrogens is 457 g/mol. The maximum absolute atomic E-state index is 15.1. The van der Waals surface area contributed by atoms with Crippen LogP contribution in [0.3, 0.4) is 0 Å². The largest absolute Gasteiger partial charge is 0.447 e. The molecule has 2 unspecified atom stereocenters. The molecule has 9 heteroatoms. The van der Waals surface area contributed by atoms with E-state index in [0.29, 0.717) is 18.8 Å². The first-order valence-electron chi connectivity index (χ1n) is 11.4. The summed E-state index contributed by atoms with van der Waals surface area (Å²) >= 11 is 0. The lowest BCUT2D eigenvalue weighted by atomic mass is 9.82. The van der Waals surface area contributed by atoms with Gasteiger partial charge >= 0.3 is 6.09 Å². The Morgan fingerprint density at radius 3 is 2.68 bits per heavy atom. The summed E-state index contributed by atoms with van der Waals surface area (Å²) in [6.07, 6.45) is 4.97. The van der Waals surface area contributed by atoms with Crippen LogP contribution in [0.1, 0.15) is 44.4 Å². The monoisotopic (exact) mass is 487 g/mol. The predicted octanol–water partition coefficient (Wildman–Crippen LogP) is 4.60. The number of ether oxygens (including phenoxy) is 1. The number of pyridine rings is 1. The highest BCUT2D eigenvalue weighted by atomic mass is 32.2. The smallest absolute Gasteiger partial charge is 0.410 e. The quantitative estimate of drug-likeness (QED) is 0.526. The second-order valence-electron chi connectivity index (χ2n) is 9.38. The summed E-state index contributed by atoms with van der Waals surface area (Å²) in [6, 6.07) is 8.29. The molecule has 0 radical (unpaired) electrons. The van der Waals surface area contributed by atoms with Crippen molar-refractivity contribution >= 4 is 26.8 Å². The van der Waals surface area contributed by atoms with Crippen molar-refractivity contribution in [1.82, 2.24) is 14.5 Å². The van der Waals surface area contributed by atoms with Gasteiger partial charge in [0.15, 0.2) is 9.84 Å². The van der Waals surface area contributed by atoms with E-state index >= 15 is 4.39 Å². The third-order valence-corrected chi connectivity index (χ3v) is 7.47. The van der Waals surface area contributed by atoms with Crippen LogP contribution in [0.2, 0.25) is 0 Å². The summed E-state index contributed by atoms with van der Waals surface area (Å²) in [5.41, 5.74) is 1.96. The number of nitrogens with zero attached hydrogens (tertiary/aromatic N) is 3. The number of piperidine rings is 1. The van der Waals surface area contributed by atoms with Crippen molar-refractivity contribution < 1.29 is 22.3 Å². The van der Waals surface area contributed by atoms with E-state index in [1.807, 2.05) is 24.5 Å².